The molecule has 0 saturated carbocycles. The van der Waals surface area contributed by atoms with Gasteiger partial charge in [0.2, 0.25) is 0 Å². The van der Waals surface area contributed by atoms with Gasteiger partial charge in [0.1, 0.15) is 11.5 Å². The molecule has 6 nitrogen and oxygen atoms in total. The summed E-state index contributed by atoms with van der Waals surface area (Å²) in [6.07, 6.45) is 0. The highest BCUT2D eigenvalue weighted by Crippen LogP contribution is 2.40. The maximum absolute atomic E-state index is 13.1. The molecule has 2 heterocycles. The number of aromatic nitrogens is 2. The summed E-state index contributed by atoms with van der Waals surface area (Å²) in [5, 5.41) is 21.6. The van der Waals surface area contributed by atoms with Crippen molar-refractivity contribution in [3.8, 4) is 11.5 Å². The van der Waals surface area contributed by atoms with Gasteiger partial charge in [0.25, 0.3) is 11.1 Å². The van der Waals surface area contributed by atoms with E-state index in [0.29, 0.717) is 22.0 Å². The monoisotopic (exact) mass is 400 g/mol. The average molecular weight is 401 g/mol. The Balaban J connectivity index is 2.50. The van der Waals surface area contributed by atoms with E-state index in [1.165, 1.54) is 21.3 Å². The number of hydrogen-bond acceptors (Lipinski definition) is 4. The van der Waals surface area contributed by atoms with Gasteiger partial charge in [-0.1, -0.05) is 29.8 Å². The third kappa shape index (κ3) is 3.10. The first-order valence-corrected chi connectivity index (χ1v) is 9.06. The molecular formula is C21H21ClN2O4. The van der Waals surface area contributed by atoms with E-state index in [1.54, 1.807) is 52.2 Å². The maximum atomic E-state index is 13.1. The van der Waals surface area contributed by atoms with Gasteiger partial charge >= 0.3 is 0 Å². The van der Waals surface area contributed by atoms with Crippen molar-refractivity contribution in [2.24, 2.45) is 14.1 Å². The minimum absolute atomic E-state index is 0.0162. The molecule has 146 valence electrons. The highest BCUT2D eigenvalue weighted by atomic mass is 35.5. The number of pyridine rings is 2. The van der Waals surface area contributed by atoms with Gasteiger partial charge in [-0.25, -0.2) is 0 Å². The van der Waals surface area contributed by atoms with Crippen LogP contribution in [0, 0.1) is 13.8 Å². The molecule has 3 rings (SSSR count). The summed E-state index contributed by atoms with van der Waals surface area (Å²) in [7, 11) is 3.16. The van der Waals surface area contributed by atoms with Crippen LogP contribution in [0.4, 0.5) is 0 Å². The smallest absolute Gasteiger partial charge is 0.258 e. The van der Waals surface area contributed by atoms with Crippen LogP contribution in [-0.2, 0) is 14.1 Å². The van der Waals surface area contributed by atoms with Gasteiger partial charge < -0.3 is 19.3 Å². The molecule has 0 bridgehead atoms. The minimum Gasteiger partial charge on any atom is -0.507 e. The number of hydrogen-bond donors (Lipinski definition) is 2. The molecule has 3 aromatic rings. The molecule has 2 N–H and O–H groups in total. The van der Waals surface area contributed by atoms with E-state index in [9.17, 15) is 19.8 Å². The summed E-state index contributed by atoms with van der Waals surface area (Å²) in [6.45, 7) is 3.38. The van der Waals surface area contributed by atoms with Crippen molar-refractivity contribution in [3.05, 3.63) is 90.2 Å². The third-order valence-electron chi connectivity index (χ3n) is 5.16. The number of benzene rings is 1. The van der Waals surface area contributed by atoms with Gasteiger partial charge in [0, 0.05) is 30.5 Å². The highest BCUT2D eigenvalue weighted by Gasteiger charge is 2.31. The molecule has 0 fully saturated rings. The van der Waals surface area contributed by atoms with Crippen LogP contribution < -0.4 is 11.1 Å². The van der Waals surface area contributed by atoms with Gasteiger partial charge in [0.05, 0.1) is 17.0 Å². The van der Waals surface area contributed by atoms with Gasteiger partial charge in [-0.3, -0.25) is 9.59 Å². The molecule has 28 heavy (non-hydrogen) atoms. The molecule has 7 heteroatoms. The fourth-order valence-electron chi connectivity index (χ4n) is 3.35. The number of aryl methyl sites for hydroxylation is 2. The van der Waals surface area contributed by atoms with Crippen LogP contribution in [0.15, 0.2) is 46.0 Å². The summed E-state index contributed by atoms with van der Waals surface area (Å²) in [5.41, 5.74) is 0.593. The lowest BCUT2D eigenvalue weighted by Gasteiger charge is -2.22. The molecular weight excluding hydrogens is 380 g/mol. The van der Waals surface area contributed by atoms with Crippen LogP contribution in [0.1, 0.15) is 34.0 Å². The lowest BCUT2D eigenvalue weighted by Crippen LogP contribution is -2.31. The fourth-order valence-corrected chi connectivity index (χ4v) is 3.60. The van der Waals surface area contributed by atoms with E-state index in [1.807, 2.05) is 0 Å². The van der Waals surface area contributed by atoms with Crippen molar-refractivity contribution in [2.75, 3.05) is 0 Å². The molecule has 0 aliphatic heterocycles. The molecule has 2 aromatic heterocycles. The summed E-state index contributed by atoms with van der Waals surface area (Å²) < 4.78 is 2.77. The third-order valence-corrected chi connectivity index (χ3v) is 5.51. The quantitative estimate of drug-likeness (QED) is 0.708. The standard InChI is InChI=1S/C21H21ClN2O4/c1-11-9-15(25)18(20(27)23(11)3)17(13-7-5-6-8-14(13)22)19-16(26)10-12(2)24(4)21(19)28/h5-10,17,25-26H,1-4H3. The Hall–Kier alpha value is -2.99. The first-order valence-electron chi connectivity index (χ1n) is 8.68. The van der Waals surface area contributed by atoms with Gasteiger partial charge in [-0.05, 0) is 37.6 Å². The minimum atomic E-state index is -1.03. The maximum Gasteiger partial charge on any atom is 0.258 e. The molecule has 1 aromatic carbocycles. The van der Waals surface area contributed by atoms with Crippen LogP contribution in [0.2, 0.25) is 5.02 Å². The van der Waals surface area contributed by atoms with E-state index in [4.69, 9.17) is 11.6 Å². The summed E-state index contributed by atoms with van der Waals surface area (Å²) in [4.78, 5) is 26.1. The second-order valence-corrected chi connectivity index (χ2v) is 7.26. The van der Waals surface area contributed by atoms with Gasteiger partial charge in [-0.2, -0.15) is 0 Å². The zero-order valence-electron chi connectivity index (χ0n) is 16.0. The second kappa shape index (κ2) is 7.20. The predicted octanol–water partition coefficient (Wildman–Crippen LogP) is 2.95. The summed E-state index contributed by atoms with van der Waals surface area (Å²) >= 11 is 6.39. The first kappa shape index (κ1) is 19.8. The molecule has 0 radical (unpaired) electrons. The Labute approximate surface area is 166 Å². The van der Waals surface area contributed by atoms with Gasteiger partial charge in [0.15, 0.2) is 0 Å². The molecule has 0 aliphatic carbocycles. The van der Waals surface area contributed by atoms with Crippen molar-refractivity contribution in [1.82, 2.24) is 9.13 Å². The number of nitrogens with zero attached hydrogens (tertiary/aromatic N) is 2. The largest absolute Gasteiger partial charge is 0.507 e. The average Bonchev–Trinajstić information content (AvgIpc) is 2.64. The normalized spacial score (nSPS) is 11.2. The molecule has 0 spiro atoms. The first-order chi connectivity index (χ1) is 13.1. The second-order valence-electron chi connectivity index (χ2n) is 6.85. The predicted molar refractivity (Wildman–Crippen MR) is 109 cm³/mol. The van der Waals surface area contributed by atoms with Crippen molar-refractivity contribution in [3.63, 3.8) is 0 Å². The lowest BCUT2D eigenvalue weighted by atomic mass is 9.85. The number of halogens is 1. The van der Waals surface area contributed by atoms with E-state index in [-0.39, 0.29) is 22.6 Å². The van der Waals surface area contributed by atoms with Crippen LogP contribution in [0.5, 0.6) is 11.5 Å². The van der Waals surface area contributed by atoms with Crippen LogP contribution in [-0.4, -0.2) is 19.3 Å². The van der Waals surface area contributed by atoms with Crippen molar-refractivity contribution in [2.45, 2.75) is 19.8 Å². The molecule has 0 saturated heterocycles. The Morgan fingerprint density at radius 2 is 1.29 bits per heavy atom. The number of aromatic hydroxyl groups is 2. The topological polar surface area (TPSA) is 84.5 Å². The fraction of sp³-hybridized carbons (Fsp3) is 0.238. The van der Waals surface area contributed by atoms with Gasteiger partial charge in [-0.15, -0.1) is 0 Å². The molecule has 0 amide bonds. The van der Waals surface area contributed by atoms with Crippen molar-refractivity contribution in [1.29, 1.82) is 0 Å². The summed E-state index contributed by atoms with van der Waals surface area (Å²) in [5.74, 6) is -1.55. The van der Waals surface area contributed by atoms with E-state index < -0.39 is 17.0 Å². The Kier molecular flexibility index (Phi) is 5.08. The highest BCUT2D eigenvalue weighted by molar-refractivity contribution is 6.31. The van der Waals surface area contributed by atoms with Crippen LogP contribution >= 0.6 is 11.6 Å². The zero-order valence-corrected chi connectivity index (χ0v) is 16.8. The molecule has 0 unspecified atom stereocenters. The lowest BCUT2D eigenvalue weighted by molar-refractivity contribution is 0.451. The van der Waals surface area contributed by atoms with E-state index in [0.717, 1.165) is 0 Å². The number of rotatable bonds is 3. The SMILES string of the molecule is Cc1cc(O)c(C(c2ccccc2Cl)c2c(O)cc(C)n(C)c2=O)c(=O)n1C. The molecule has 0 aliphatic rings. The van der Waals surface area contributed by atoms with E-state index in [2.05, 4.69) is 0 Å². The molecule has 0 atom stereocenters. The van der Waals surface area contributed by atoms with Crippen LogP contribution in [0.3, 0.4) is 0 Å². The van der Waals surface area contributed by atoms with Crippen molar-refractivity contribution < 1.29 is 10.2 Å². The Morgan fingerprint density at radius 1 is 0.857 bits per heavy atom. The van der Waals surface area contributed by atoms with Crippen molar-refractivity contribution >= 4 is 11.6 Å². The Morgan fingerprint density at radius 3 is 1.71 bits per heavy atom. The van der Waals surface area contributed by atoms with E-state index >= 15 is 0 Å². The zero-order chi connectivity index (χ0) is 20.7. The summed E-state index contributed by atoms with van der Waals surface area (Å²) in [6, 6.07) is 9.66. The Bertz CT molecular complexity index is 1120. The van der Waals surface area contributed by atoms with Crippen LogP contribution in [0.25, 0.3) is 0 Å².